The Balaban J connectivity index is 2.26. The number of carbonyl (C=O) groups is 3. The van der Waals surface area contributed by atoms with Crippen molar-refractivity contribution in [3.05, 3.63) is 34.3 Å². The molecule has 1 aliphatic rings. The van der Waals surface area contributed by atoms with Crippen molar-refractivity contribution in [3.8, 4) is 0 Å². The summed E-state index contributed by atoms with van der Waals surface area (Å²) in [6.45, 7) is 2.56. The molecule has 1 aliphatic heterocycles. The van der Waals surface area contributed by atoms with E-state index in [0.717, 1.165) is 5.56 Å². The van der Waals surface area contributed by atoms with E-state index in [1.165, 1.54) is 0 Å². The molecular weight excluding hydrogens is 366 g/mol. The zero-order chi connectivity index (χ0) is 19.5. The number of hydrogen-bond donors (Lipinski definition) is 4. The minimum Gasteiger partial charge on any atom is -0.481 e. The highest BCUT2D eigenvalue weighted by Crippen LogP contribution is 2.33. The largest absolute Gasteiger partial charge is 0.481 e. The van der Waals surface area contributed by atoms with E-state index >= 15 is 0 Å². The third-order valence-electron chi connectivity index (χ3n) is 4.29. The summed E-state index contributed by atoms with van der Waals surface area (Å²) in [5.74, 6) is -4.36. The van der Waals surface area contributed by atoms with Crippen LogP contribution in [-0.2, 0) is 31.1 Å². The minimum absolute atomic E-state index is 0.260. The third kappa shape index (κ3) is 4.51. The quantitative estimate of drug-likeness (QED) is 0.531. The van der Waals surface area contributed by atoms with Crippen LogP contribution in [0.2, 0.25) is 5.02 Å². The molecule has 0 bridgehead atoms. The predicted octanol–water partition coefficient (Wildman–Crippen LogP) is 0.925. The van der Waals surface area contributed by atoms with Gasteiger partial charge in [-0.15, -0.1) is 0 Å². The lowest BCUT2D eigenvalue weighted by atomic mass is 9.90. The number of fused-ring (bicyclic) bond motifs is 1. The molecule has 4 N–H and O–H groups in total. The lowest BCUT2D eigenvalue weighted by Gasteiger charge is -2.31. The van der Waals surface area contributed by atoms with Crippen LogP contribution >= 0.6 is 11.6 Å². The first kappa shape index (κ1) is 20.2. The molecule has 26 heavy (non-hydrogen) atoms. The molecule has 2 rings (SSSR count). The Morgan fingerprint density at radius 1 is 1.31 bits per heavy atom. The number of ether oxygens (including phenoxy) is 1. The standard InChI is InChI=1S/C17H20ClNO7/c1-16(9-19-5-4-10-2-3-11(18)6-12(10)16)26-14(22)8-17(25,15(23)24)7-13(20)21/h2-3,6,19,25H,4-5,7-9H2,1H3,(H,20,21)(H,23,24)/t16-,17?/m0/s1. The van der Waals surface area contributed by atoms with Gasteiger partial charge in [-0.2, -0.15) is 0 Å². The minimum atomic E-state index is -2.74. The topological polar surface area (TPSA) is 133 Å². The van der Waals surface area contributed by atoms with E-state index in [4.69, 9.17) is 26.6 Å². The van der Waals surface area contributed by atoms with Gasteiger partial charge in [0, 0.05) is 17.1 Å². The Morgan fingerprint density at radius 2 is 2.00 bits per heavy atom. The van der Waals surface area contributed by atoms with E-state index in [2.05, 4.69) is 5.32 Å². The Labute approximate surface area is 154 Å². The van der Waals surface area contributed by atoms with E-state index in [-0.39, 0.29) is 6.54 Å². The Hall–Kier alpha value is -2.16. The van der Waals surface area contributed by atoms with Crippen molar-refractivity contribution in [3.63, 3.8) is 0 Å². The number of carboxylic acid groups (broad SMARTS) is 2. The number of carbonyl (C=O) groups excluding carboxylic acids is 1. The number of halogens is 1. The summed E-state index contributed by atoms with van der Waals surface area (Å²) in [5.41, 5.74) is -2.28. The number of esters is 1. The molecule has 0 radical (unpaired) electrons. The Morgan fingerprint density at radius 3 is 2.62 bits per heavy atom. The average Bonchev–Trinajstić information content (AvgIpc) is 2.65. The number of nitrogens with one attached hydrogen (secondary N) is 1. The van der Waals surface area contributed by atoms with Crippen LogP contribution < -0.4 is 5.32 Å². The fraction of sp³-hybridized carbons (Fsp3) is 0.471. The van der Waals surface area contributed by atoms with Crippen LogP contribution in [0.3, 0.4) is 0 Å². The molecule has 0 spiro atoms. The van der Waals surface area contributed by atoms with Crippen molar-refractivity contribution >= 4 is 29.5 Å². The van der Waals surface area contributed by atoms with Gasteiger partial charge >= 0.3 is 17.9 Å². The van der Waals surface area contributed by atoms with Gasteiger partial charge in [-0.1, -0.05) is 17.7 Å². The smallest absolute Gasteiger partial charge is 0.336 e. The van der Waals surface area contributed by atoms with E-state index in [0.29, 0.717) is 23.6 Å². The molecule has 0 aromatic heterocycles. The van der Waals surface area contributed by atoms with Crippen LogP contribution in [-0.4, -0.2) is 51.9 Å². The SMILES string of the molecule is C[C@]1(OC(=O)CC(O)(CC(=O)O)C(=O)O)CNCCc2ccc(Cl)cc21. The van der Waals surface area contributed by atoms with Crippen LogP contribution in [0, 0.1) is 0 Å². The lowest BCUT2D eigenvalue weighted by Crippen LogP contribution is -2.45. The highest BCUT2D eigenvalue weighted by atomic mass is 35.5. The summed E-state index contributed by atoms with van der Waals surface area (Å²) < 4.78 is 5.49. The number of carboxylic acids is 2. The van der Waals surface area contributed by atoms with Crippen molar-refractivity contribution in [1.29, 1.82) is 0 Å². The molecule has 8 nitrogen and oxygen atoms in total. The second-order valence-electron chi connectivity index (χ2n) is 6.52. The van der Waals surface area contributed by atoms with Gasteiger partial charge in [0.2, 0.25) is 0 Å². The number of benzene rings is 1. The van der Waals surface area contributed by atoms with E-state index in [1.54, 1.807) is 19.1 Å². The van der Waals surface area contributed by atoms with Gasteiger partial charge in [-0.3, -0.25) is 9.59 Å². The van der Waals surface area contributed by atoms with Crippen LogP contribution in [0.15, 0.2) is 18.2 Å². The number of hydrogen-bond acceptors (Lipinski definition) is 6. The van der Waals surface area contributed by atoms with Crippen LogP contribution in [0.1, 0.15) is 30.9 Å². The second-order valence-corrected chi connectivity index (χ2v) is 6.95. The molecule has 142 valence electrons. The summed E-state index contributed by atoms with van der Waals surface area (Å²) in [6, 6.07) is 5.23. The zero-order valence-electron chi connectivity index (χ0n) is 14.1. The predicted molar refractivity (Wildman–Crippen MR) is 90.9 cm³/mol. The van der Waals surface area contributed by atoms with Gasteiger partial charge in [0.1, 0.15) is 5.60 Å². The molecule has 1 aromatic rings. The fourth-order valence-electron chi connectivity index (χ4n) is 2.99. The molecule has 0 saturated heterocycles. The summed E-state index contributed by atoms with van der Waals surface area (Å²) in [7, 11) is 0. The normalized spacial score (nSPS) is 21.8. The molecule has 0 saturated carbocycles. The van der Waals surface area contributed by atoms with Crippen molar-refractivity contribution in [1.82, 2.24) is 5.32 Å². The maximum atomic E-state index is 12.3. The molecule has 0 fully saturated rings. The summed E-state index contributed by atoms with van der Waals surface area (Å²) in [6.07, 6.45) is -1.41. The second kappa shape index (κ2) is 7.61. The van der Waals surface area contributed by atoms with Gasteiger partial charge in [0.05, 0.1) is 12.8 Å². The molecule has 1 aromatic carbocycles. The van der Waals surface area contributed by atoms with Crippen LogP contribution in [0.4, 0.5) is 0 Å². The van der Waals surface area contributed by atoms with E-state index in [9.17, 15) is 19.5 Å². The first-order valence-electron chi connectivity index (χ1n) is 7.95. The zero-order valence-corrected chi connectivity index (χ0v) is 14.9. The van der Waals surface area contributed by atoms with Gasteiger partial charge < -0.3 is 25.4 Å². The van der Waals surface area contributed by atoms with Crippen LogP contribution in [0.5, 0.6) is 0 Å². The van der Waals surface area contributed by atoms with Gasteiger partial charge in [-0.25, -0.2) is 4.79 Å². The van der Waals surface area contributed by atoms with Gasteiger partial charge in [-0.05, 0) is 37.6 Å². The first-order valence-corrected chi connectivity index (χ1v) is 8.32. The summed E-state index contributed by atoms with van der Waals surface area (Å²) in [4.78, 5) is 34.3. The first-order chi connectivity index (χ1) is 12.1. The maximum Gasteiger partial charge on any atom is 0.336 e. The molecule has 9 heteroatoms. The third-order valence-corrected chi connectivity index (χ3v) is 4.53. The average molecular weight is 386 g/mol. The van der Waals surface area contributed by atoms with E-state index in [1.807, 2.05) is 6.07 Å². The molecular formula is C17H20ClNO7. The van der Waals surface area contributed by atoms with Crippen molar-refractivity contribution in [2.24, 2.45) is 0 Å². The molecule has 0 amide bonds. The van der Waals surface area contributed by atoms with Crippen molar-refractivity contribution in [2.75, 3.05) is 13.1 Å². The van der Waals surface area contributed by atoms with Crippen LogP contribution in [0.25, 0.3) is 0 Å². The fourth-order valence-corrected chi connectivity index (χ4v) is 3.16. The molecule has 1 heterocycles. The lowest BCUT2D eigenvalue weighted by molar-refractivity contribution is -0.177. The van der Waals surface area contributed by atoms with Gasteiger partial charge in [0.25, 0.3) is 0 Å². The van der Waals surface area contributed by atoms with Gasteiger partial charge in [0.15, 0.2) is 5.60 Å². The molecule has 0 aliphatic carbocycles. The Bertz CT molecular complexity index is 738. The molecule has 2 atom stereocenters. The molecule has 1 unspecified atom stereocenters. The highest BCUT2D eigenvalue weighted by molar-refractivity contribution is 6.30. The van der Waals surface area contributed by atoms with Crippen molar-refractivity contribution < 1.29 is 34.4 Å². The summed E-state index contributed by atoms with van der Waals surface area (Å²) in [5, 5.41) is 31.5. The van der Waals surface area contributed by atoms with E-state index < -0.39 is 42.0 Å². The summed E-state index contributed by atoms with van der Waals surface area (Å²) >= 11 is 6.06. The van der Waals surface area contributed by atoms with Crippen molar-refractivity contribution in [2.45, 2.75) is 37.4 Å². The number of rotatable bonds is 6. The highest BCUT2D eigenvalue weighted by Gasteiger charge is 2.43. The number of aliphatic carboxylic acids is 2. The monoisotopic (exact) mass is 385 g/mol. The maximum absolute atomic E-state index is 12.3. The Kier molecular flexibility index (Phi) is 5.90. The number of aliphatic hydroxyl groups is 1.